The second kappa shape index (κ2) is 12.4. The minimum Gasteiger partial charge on any atom is -0.383 e. The van der Waals surface area contributed by atoms with Gasteiger partial charge < -0.3 is 20.9 Å². The summed E-state index contributed by atoms with van der Waals surface area (Å²) in [6, 6.07) is 17.6. The van der Waals surface area contributed by atoms with Gasteiger partial charge in [-0.15, -0.1) is 0 Å². The maximum absolute atomic E-state index is 14.0. The molecule has 1 fully saturated rings. The van der Waals surface area contributed by atoms with Crippen LogP contribution in [0.1, 0.15) is 27.9 Å². The van der Waals surface area contributed by atoms with E-state index in [2.05, 4.69) is 27.1 Å². The third-order valence-electron chi connectivity index (χ3n) is 7.61. The molecule has 41 heavy (non-hydrogen) atoms. The number of nitrogens with one attached hydrogen (secondary N) is 1. The molecule has 9 heteroatoms. The van der Waals surface area contributed by atoms with Crippen LogP contribution in [-0.2, 0) is 17.6 Å². The van der Waals surface area contributed by atoms with Gasteiger partial charge in [-0.25, -0.2) is 13.8 Å². The molecule has 1 saturated heterocycles. The number of rotatable bonds is 9. The number of aromatic nitrogens is 1. The molecule has 1 amide bonds. The summed E-state index contributed by atoms with van der Waals surface area (Å²) in [5.41, 5.74) is 8.69. The summed E-state index contributed by atoms with van der Waals surface area (Å²) in [4.78, 5) is 35.4. The summed E-state index contributed by atoms with van der Waals surface area (Å²) in [5, 5.41) is 4.63. The lowest BCUT2D eigenvalue weighted by atomic mass is 9.96. The molecule has 0 unspecified atom stereocenters. The summed E-state index contributed by atoms with van der Waals surface area (Å²) in [5.74, 6) is -2.11. The van der Waals surface area contributed by atoms with Gasteiger partial charge in [-0.05, 0) is 72.8 Å². The number of piperazine rings is 1. The summed E-state index contributed by atoms with van der Waals surface area (Å²) in [6.45, 7) is 3.58. The van der Waals surface area contributed by atoms with Crippen LogP contribution in [-0.4, -0.2) is 60.8 Å². The zero-order valence-electron chi connectivity index (χ0n) is 22.9. The van der Waals surface area contributed by atoms with Gasteiger partial charge in [-0.2, -0.15) is 0 Å². The number of Topliss-reactive ketones (excluding diaryl/α,β-unsaturated/α-hetero) is 1. The lowest BCUT2D eigenvalue weighted by Crippen LogP contribution is -2.44. The average Bonchev–Trinajstić information content (AvgIpc) is 2.98. The van der Waals surface area contributed by atoms with E-state index in [-0.39, 0.29) is 18.6 Å². The number of carbonyl (C=O) groups excluding carboxylic acids is 2. The molecule has 1 atom stereocenters. The predicted octanol–water partition coefficient (Wildman–Crippen LogP) is 4.39. The number of aryl methyl sites for hydroxylation is 1. The lowest BCUT2D eigenvalue weighted by Gasteiger charge is -2.34. The summed E-state index contributed by atoms with van der Waals surface area (Å²) >= 11 is 0. The minimum absolute atomic E-state index is 0.0415. The van der Waals surface area contributed by atoms with Gasteiger partial charge in [0, 0.05) is 55.4 Å². The van der Waals surface area contributed by atoms with Gasteiger partial charge in [-0.1, -0.05) is 30.3 Å². The van der Waals surface area contributed by atoms with E-state index < -0.39 is 23.6 Å². The molecule has 5 rings (SSSR count). The third-order valence-corrected chi connectivity index (χ3v) is 7.61. The number of anilines is 2. The molecule has 0 bridgehead atoms. The van der Waals surface area contributed by atoms with Crippen LogP contribution in [0.3, 0.4) is 0 Å². The molecule has 212 valence electrons. The SMILES string of the molecule is CN1CCN(c2cccc(C(=O)N[C@@H](Cc3ccc(F)c(F)c3)C(=O)CCc3ccc4c(N)nccc4c3)c2)CC1. The van der Waals surface area contributed by atoms with E-state index in [9.17, 15) is 18.4 Å². The van der Waals surface area contributed by atoms with E-state index in [0.717, 1.165) is 60.3 Å². The maximum Gasteiger partial charge on any atom is 0.251 e. The molecule has 0 radical (unpaired) electrons. The van der Waals surface area contributed by atoms with Crippen molar-refractivity contribution in [2.75, 3.05) is 43.9 Å². The van der Waals surface area contributed by atoms with Gasteiger partial charge in [0.2, 0.25) is 0 Å². The number of hydrogen-bond donors (Lipinski definition) is 2. The fraction of sp³-hybridized carbons (Fsp3) is 0.281. The molecule has 1 aliphatic heterocycles. The number of ketones is 1. The first-order valence-corrected chi connectivity index (χ1v) is 13.7. The number of nitrogen functional groups attached to an aromatic ring is 1. The van der Waals surface area contributed by atoms with Gasteiger partial charge in [0.25, 0.3) is 5.91 Å². The number of nitrogens with two attached hydrogens (primary N) is 1. The van der Waals surface area contributed by atoms with Gasteiger partial charge in [-0.3, -0.25) is 9.59 Å². The zero-order chi connectivity index (χ0) is 28.9. The Morgan fingerprint density at radius 3 is 2.51 bits per heavy atom. The second-order valence-electron chi connectivity index (χ2n) is 10.5. The number of likely N-dealkylation sites (N-methyl/N-ethyl adjacent to an activating group) is 1. The average molecular weight is 558 g/mol. The van der Waals surface area contributed by atoms with Crippen LogP contribution in [0.2, 0.25) is 0 Å². The van der Waals surface area contributed by atoms with Crippen molar-refractivity contribution in [2.45, 2.75) is 25.3 Å². The molecule has 3 aromatic carbocycles. The molecule has 1 aromatic heterocycles. The van der Waals surface area contributed by atoms with E-state index in [1.807, 2.05) is 42.5 Å². The normalized spacial score (nSPS) is 14.7. The minimum atomic E-state index is -0.996. The molecule has 0 spiro atoms. The smallest absolute Gasteiger partial charge is 0.251 e. The fourth-order valence-electron chi connectivity index (χ4n) is 5.15. The first-order valence-electron chi connectivity index (χ1n) is 13.7. The number of carbonyl (C=O) groups is 2. The van der Waals surface area contributed by atoms with Gasteiger partial charge in [0.05, 0.1) is 6.04 Å². The van der Waals surface area contributed by atoms with Crippen LogP contribution in [0.25, 0.3) is 10.8 Å². The molecular weight excluding hydrogens is 524 g/mol. The number of fused-ring (bicyclic) bond motifs is 1. The van der Waals surface area contributed by atoms with Crippen LogP contribution < -0.4 is 16.0 Å². The highest BCUT2D eigenvalue weighted by molar-refractivity contribution is 5.99. The number of nitrogens with zero attached hydrogens (tertiary/aromatic N) is 3. The highest BCUT2D eigenvalue weighted by atomic mass is 19.2. The van der Waals surface area contributed by atoms with Crippen molar-refractivity contribution >= 4 is 34.0 Å². The van der Waals surface area contributed by atoms with Crippen LogP contribution in [0.15, 0.2) is 72.9 Å². The Morgan fingerprint density at radius 2 is 1.73 bits per heavy atom. The van der Waals surface area contributed by atoms with E-state index in [4.69, 9.17) is 5.73 Å². The Kier molecular flexibility index (Phi) is 8.54. The molecule has 0 aliphatic carbocycles. The first-order chi connectivity index (χ1) is 19.8. The van der Waals surface area contributed by atoms with Gasteiger partial charge in [0.15, 0.2) is 17.4 Å². The molecule has 0 saturated carbocycles. The Balaban J connectivity index is 1.32. The molecule has 4 aromatic rings. The number of benzene rings is 3. The third kappa shape index (κ3) is 6.86. The summed E-state index contributed by atoms with van der Waals surface area (Å²) in [6.07, 6.45) is 2.28. The number of amides is 1. The predicted molar refractivity (Wildman–Crippen MR) is 157 cm³/mol. The van der Waals surface area contributed by atoms with E-state index in [1.54, 1.807) is 12.3 Å². The molecule has 3 N–H and O–H groups in total. The van der Waals surface area contributed by atoms with Crippen molar-refractivity contribution in [3.05, 3.63) is 101 Å². The van der Waals surface area contributed by atoms with Crippen LogP contribution in [0, 0.1) is 11.6 Å². The van der Waals surface area contributed by atoms with E-state index in [0.29, 0.717) is 23.4 Å². The highest BCUT2D eigenvalue weighted by Gasteiger charge is 2.23. The fourth-order valence-corrected chi connectivity index (χ4v) is 5.15. The largest absolute Gasteiger partial charge is 0.383 e. The zero-order valence-corrected chi connectivity index (χ0v) is 22.9. The van der Waals surface area contributed by atoms with Crippen LogP contribution in [0.5, 0.6) is 0 Å². The molecule has 7 nitrogen and oxygen atoms in total. The molecule has 1 aliphatic rings. The number of pyridine rings is 1. The Labute approximate surface area is 238 Å². The Bertz CT molecular complexity index is 1570. The lowest BCUT2D eigenvalue weighted by molar-refractivity contribution is -0.120. The Hall–Kier alpha value is -4.37. The van der Waals surface area contributed by atoms with Crippen molar-refractivity contribution in [2.24, 2.45) is 0 Å². The van der Waals surface area contributed by atoms with Crippen molar-refractivity contribution in [3.8, 4) is 0 Å². The summed E-state index contributed by atoms with van der Waals surface area (Å²) in [7, 11) is 2.08. The second-order valence-corrected chi connectivity index (χ2v) is 10.5. The van der Waals surface area contributed by atoms with Crippen molar-refractivity contribution < 1.29 is 18.4 Å². The quantitative estimate of drug-likeness (QED) is 0.317. The maximum atomic E-state index is 14.0. The number of halogens is 2. The Morgan fingerprint density at radius 1 is 0.951 bits per heavy atom. The van der Waals surface area contributed by atoms with Crippen molar-refractivity contribution in [1.82, 2.24) is 15.2 Å². The van der Waals surface area contributed by atoms with Crippen molar-refractivity contribution in [3.63, 3.8) is 0 Å². The van der Waals surface area contributed by atoms with Crippen LogP contribution in [0.4, 0.5) is 20.3 Å². The summed E-state index contributed by atoms with van der Waals surface area (Å²) < 4.78 is 27.5. The number of hydrogen-bond acceptors (Lipinski definition) is 6. The standard InChI is InChI=1S/C32H33F2N5O2/c1-38-13-15-39(16-14-38)25-4-2-3-24(20-25)32(41)37-29(19-22-6-9-27(33)28(34)18-22)30(40)10-7-21-5-8-26-23(17-21)11-12-36-31(26)35/h2-6,8-9,11-12,17-18,20,29H,7,10,13-16,19H2,1H3,(H2,35,36)(H,37,41)/t29-/m0/s1. The highest BCUT2D eigenvalue weighted by Crippen LogP contribution is 2.22. The van der Waals surface area contributed by atoms with E-state index >= 15 is 0 Å². The van der Waals surface area contributed by atoms with Gasteiger partial charge in [0.1, 0.15) is 5.82 Å². The van der Waals surface area contributed by atoms with Crippen LogP contribution >= 0.6 is 0 Å². The monoisotopic (exact) mass is 557 g/mol. The molecule has 2 heterocycles. The van der Waals surface area contributed by atoms with Gasteiger partial charge >= 0.3 is 0 Å². The van der Waals surface area contributed by atoms with Crippen molar-refractivity contribution in [1.29, 1.82) is 0 Å². The first kappa shape index (κ1) is 28.2. The van der Waals surface area contributed by atoms with E-state index in [1.165, 1.54) is 6.07 Å². The topological polar surface area (TPSA) is 91.6 Å². The molecular formula is C32H33F2N5O2.